The van der Waals surface area contributed by atoms with Gasteiger partial charge in [-0.2, -0.15) is 0 Å². The average molecular weight is 315 g/mol. The first-order valence-corrected chi connectivity index (χ1v) is 6.57. The highest BCUT2D eigenvalue weighted by atomic mass is 79.9. The molecule has 90 valence electrons. The van der Waals surface area contributed by atoms with Gasteiger partial charge in [-0.15, -0.1) is 0 Å². The molecule has 0 radical (unpaired) electrons. The number of nitrogens with two attached hydrogens (primary N) is 1. The number of benzene rings is 1. The van der Waals surface area contributed by atoms with Crippen LogP contribution in [0.5, 0.6) is 0 Å². The summed E-state index contributed by atoms with van der Waals surface area (Å²) in [6, 6.07) is 9.21. The molecule has 1 atom stereocenters. The number of furan rings is 1. The lowest BCUT2D eigenvalue weighted by Crippen LogP contribution is -2.10. The monoisotopic (exact) mass is 313 g/mol. The van der Waals surface area contributed by atoms with E-state index >= 15 is 0 Å². The van der Waals surface area contributed by atoms with Gasteiger partial charge in [-0.25, -0.2) is 0 Å². The molecule has 0 aliphatic rings. The standard InChI is InChI=1S/C13H13BrClNO/c1-2-11-3-4-12(17-11)13(16)8-5-9(14)7-10(15)6-8/h3-7,13H,2,16H2,1H3. The third kappa shape index (κ3) is 2.92. The van der Waals surface area contributed by atoms with E-state index in [1.807, 2.05) is 37.3 Å². The van der Waals surface area contributed by atoms with Gasteiger partial charge in [0.2, 0.25) is 0 Å². The zero-order chi connectivity index (χ0) is 12.4. The Morgan fingerprint density at radius 3 is 2.71 bits per heavy atom. The van der Waals surface area contributed by atoms with Gasteiger partial charge in [-0.1, -0.05) is 34.5 Å². The second-order valence-electron chi connectivity index (χ2n) is 3.84. The first kappa shape index (κ1) is 12.7. The van der Waals surface area contributed by atoms with Crippen molar-refractivity contribution in [1.82, 2.24) is 0 Å². The van der Waals surface area contributed by atoms with E-state index in [2.05, 4.69) is 15.9 Å². The summed E-state index contributed by atoms with van der Waals surface area (Å²) in [5, 5.41) is 0.659. The molecule has 0 spiro atoms. The highest BCUT2D eigenvalue weighted by molar-refractivity contribution is 9.10. The maximum absolute atomic E-state index is 6.15. The summed E-state index contributed by atoms with van der Waals surface area (Å²) >= 11 is 9.40. The number of rotatable bonds is 3. The molecule has 0 amide bonds. The number of hydrogen-bond acceptors (Lipinski definition) is 2. The van der Waals surface area contributed by atoms with E-state index in [9.17, 15) is 0 Å². The molecule has 2 nitrogen and oxygen atoms in total. The molecule has 17 heavy (non-hydrogen) atoms. The first-order valence-electron chi connectivity index (χ1n) is 5.40. The Balaban J connectivity index is 2.32. The maximum Gasteiger partial charge on any atom is 0.125 e. The van der Waals surface area contributed by atoms with E-state index in [0.29, 0.717) is 5.02 Å². The highest BCUT2D eigenvalue weighted by Crippen LogP contribution is 2.27. The van der Waals surface area contributed by atoms with Crippen LogP contribution in [0, 0.1) is 0 Å². The van der Waals surface area contributed by atoms with Gasteiger partial charge in [-0.3, -0.25) is 0 Å². The normalized spacial score (nSPS) is 12.7. The smallest absolute Gasteiger partial charge is 0.125 e. The van der Waals surface area contributed by atoms with E-state index in [1.165, 1.54) is 0 Å². The van der Waals surface area contributed by atoms with Crippen molar-refractivity contribution in [2.75, 3.05) is 0 Å². The molecule has 0 aliphatic heterocycles. The summed E-state index contributed by atoms with van der Waals surface area (Å²) < 4.78 is 6.56. The van der Waals surface area contributed by atoms with Gasteiger partial charge in [-0.05, 0) is 35.9 Å². The minimum absolute atomic E-state index is 0.287. The molecule has 0 saturated heterocycles. The maximum atomic E-state index is 6.15. The van der Waals surface area contributed by atoms with Crippen molar-refractivity contribution in [3.63, 3.8) is 0 Å². The van der Waals surface area contributed by atoms with Gasteiger partial charge < -0.3 is 10.2 Å². The Bertz CT molecular complexity index is 504. The molecule has 1 heterocycles. The van der Waals surface area contributed by atoms with Crippen LogP contribution in [0.15, 0.2) is 39.2 Å². The van der Waals surface area contributed by atoms with Gasteiger partial charge in [0.05, 0.1) is 6.04 Å². The molecule has 0 fully saturated rings. The van der Waals surface area contributed by atoms with Crippen LogP contribution in [-0.4, -0.2) is 0 Å². The molecule has 2 rings (SSSR count). The van der Waals surface area contributed by atoms with Crippen LogP contribution in [0.1, 0.15) is 30.0 Å². The molecular formula is C13H13BrClNO. The highest BCUT2D eigenvalue weighted by Gasteiger charge is 2.14. The Morgan fingerprint density at radius 2 is 2.12 bits per heavy atom. The van der Waals surface area contributed by atoms with Crippen LogP contribution in [0.3, 0.4) is 0 Å². The van der Waals surface area contributed by atoms with Crippen molar-refractivity contribution >= 4 is 27.5 Å². The minimum atomic E-state index is -0.287. The Hall–Kier alpha value is -0.770. The fourth-order valence-corrected chi connectivity index (χ4v) is 2.56. The van der Waals surface area contributed by atoms with E-state index in [0.717, 1.165) is 28.0 Å². The summed E-state index contributed by atoms with van der Waals surface area (Å²) in [7, 11) is 0. The topological polar surface area (TPSA) is 39.2 Å². The second-order valence-corrected chi connectivity index (χ2v) is 5.19. The molecular weight excluding hydrogens is 302 g/mol. The molecule has 2 N–H and O–H groups in total. The van der Waals surface area contributed by atoms with Crippen molar-refractivity contribution in [3.05, 3.63) is 56.9 Å². The van der Waals surface area contributed by atoms with Crippen LogP contribution in [0.4, 0.5) is 0 Å². The Morgan fingerprint density at radius 1 is 1.35 bits per heavy atom. The molecule has 1 unspecified atom stereocenters. The predicted molar refractivity (Wildman–Crippen MR) is 73.3 cm³/mol. The quantitative estimate of drug-likeness (QED) is 0.917. The lowest BCUT2D eigenvalue weighted by Gasteiger charge is -2.10. The van der Waals surface area contributed by atoms with E-state index in [-0.39, 0.29) is 6.04 Å². The lowest BCUT2D eigenvalue weighted by atomic mass is 10.1. The number of hydrogen-bond donors (Lipinski definition) is 1. The summed E-state index contributed by atoms with van der Waals surface area (Å²) in [4.78, 5) is 0. The predicted octanol–water partition coefficient (Wildman–Crippen LogP) is 4.31. The van der Waals surface area contributed by atoms with Crippen LogP contribution in [-0.2, 0) is 6.42 Å². The molecule has 4 heteroatoms. The SMILES string of the molecule is CCc1ccc(C(N)c2cc(Cl)cc(Br)c2)o1. The van der Waals surface area contributed by atoms with E-state index in [4.69, 9.17) is 21.8 Å². The third-order valence-electron chi connectivity index (χ3n) is 2.58. The summed E-state index contributed by atoms with van der Waals surface area (Å²) in [6.45, 7) is 2.05. The largest absolute Gasteiger partial charge is 0.464 e. The lowest BCUT2D eigenvalue weighted by molar-refractivity contribution is 0.454. The van der Waals surface area contributed by atoms with Gasteiger partial charge in [0, 0.05) is 15.9 Å². The van der Waals surface area contributed by atoms with E-state index in [1.54, 1.807) is 0 Å². The number of halogens is 2. The zero-order valence-electron chi connectivity index (χ0n) is 9.41. The zero-order valence-corrected chi connectivity index (χ0v) is 11.8. The van der Waals surface area contributed by atoms with Crippen molar-refractivity contribution < 1.29 is 4.42 Å². The Kier molecular flexibility index (Phi) is 3.92. The van der Waals surface area contributed by atoms with Crippen LogP contribution < -0.4 is 5.73 Å². The molecule has 0 aliphatic carbocycles. The van der Waals surface area contributed by atoms with Crippen LogP contribution in [0.2, 0.25) is 5.02 Å². The molecule has 1 aromatic heterocycles. The van der Waals surface area contributed by atoms with Crippen molar-refractivity contribution in [2.24, 2.45) is 5.73 Å². The summed E-state index contributed by atoms with van der Waals surface area (Å²) in [5.74, 6) is 1.70. The molecule has 1 aromatic carbocycles. The third-order valence-corrected chi connectivity index (χ3v) is 3.26. The van der Waals surface area contributed by atoms with Crippen LogP contribution in [0.25, 0.3) is 0 Å². The van der Waals surface area contributed by atoms with Gasteiger partial charge >= 0.3 is 0 Å². The summed E-state index contributed by atoms with van der Waals surface area (Å²) in [5.41, 5.74) is 7.08. The average Bonchev–Trinajstić information content (AvgIpc) is 2.75. The molecule has 0 saturated carbocycles. The van der Waals surface area contributed by atoms with Gasteiger partial charge in [0.25, 0.3) is 0 Å². The first-order chi connectivity index (χ1) is 8.10. The number of aryl methyl sites for hydroxylation is 1. The fraction of sp³-hybridized carbons (Fsp3) is 0.231. The van der Waals surface area contributed by atoms with Gasteiger partial charge in [0.1, 0.15) is 11.5 Å². The molecule has 0 bridgehead atoms. The van der Waals surface area contributed by atoms with Crippen molar-refractivity contribution in [2.45, 2.75) is 19.4 Å². The Labute approximate surface area is 114 Å². The molecule has 2 aromatic rings. The minimum Gasteiger partial charge on any atom is -0.464 e. The van der Waals surface area contributed by atoms with Gasteiger partial charge in [0.15, 0.2) is 0 Å². The van der Waals surface area contributed by atoms with E-state index < -0.39 is 0 Å². The van der Waals surface area contributed by atoms with Crippen molar-refractivity contribution in [3.8, 4) is 0 Å². The summed E-state index contributed by atoms with van der Waals surface area (Å²) in [6.07, 6.45) is 0.867. The van der Waals surface area contributed by atoms with Crippen molar-refractivity contribution in [1.29, 1.82) is 0 Å². The second kappa shape index (κ2) is 5.25. The fourth-order valence-electron chi connectivity index (χ4n) is 1.67. The van der Waals surface area contributed by atoms with Crippen LogP contribution >= 0.6 is 27.5 Å².